The van der Waals surface area contributed by atoms with E-state index >= 15 is 0 Å². The minimum atomic E-state index is -1.59. The van der Waals surface area contributed by atoms with Crippen LogP contribution in [0.2, 0.25) is 15.1 Å². The molecule has 1 atom stereocenters. The van der Waals surface area contributed by atoms with Gasteiger partial charge in [0.15, 0.2) is 5.78 Å². The SMILES string of the molecule is O=C(CS(=O)c1c(Cl)cccc1Cl)c1ccc(Cl)cc1. The highest BCUT2D eigenvalue weighted by molar-refractivity contribution is 7.86. The van der Waals surface area contributed by atoms with Crippen molar-refractivity contribution in [3.05, 3.63) is 63.1 Å². The lowest BCUT2D eigenvalue weighted by Gasteiger charge is -2.06. The Morgan fingerprint density at radius 3 is 2.05 bits per heavy atom. The van der Waals surface area contributed by atoms with Gasteiger partial charge in [-0.1, -0.05) is 40.9 Å². The van der Waals surface area contributed by atoms with E-state index < -0.39 is 10.8 Å². The molecule has 6 heteroatoms. The van der Waals surface area contributed by atoms with E-state index in [4.69, 9.17) is 34.8 Å². The Morgan fingerprint density at radius 1 is 0.950 bits per heavy atom. The molecule has 0 amide bonds. The van der Waals surface area contributed by atoms with Crippen LogP contribution in [0.3, 0.4) is 0 Å². The van der Waals surface area contributed by atoms with E-state index in [9.17, 15) is 9.00 Å². The molecule has 0 radical (unpaired) electrons. The van der Waals surface area contributed by atoms with Crippen LogP contribution in [0.4, 0.5) is 0 Å². The van der Waals surface area contributed by atoms with Crippen LogP contribution in [0.25, 0.3) is 0 Å². The summed E-state index contributed by atoms with van der Waals surface area (Å²) >= 11 is 17.7. The molecule has 0 bridgehead atoms. The maximum absolute atomic E-state index is 12.2. The Hall–Kier alpha value is -0.870. The van der Waals surface area contributed by atoms with E-state index in [1.807, 2.05) is 0 Å². The van der Waals surface area contributed by atoms with Gasteiger partial charge in [-0.05, 0) is 36.4 Å². The molecule has 104 valence electrons. The lowest BCUT2D eigenvalue weighted by Crippen LogP contribution is -2.11. The summed E-state index contributed by atoms with van der Waals surface area (Å²) in [7, 11) is -1.59. The standard InChI is InChI=1S/C14H9Cl3O2S/c15-10-6-4-9(5-7-10)13(18)8-20(19)14-11(16)2-1-3-12(14)17/h1-7H,8H2. The molecular formula is C14H9Cl3O2S. The van der Waals surface area contributed by atoms with Gasteiger partial charge < -0.3 is 0 Å². The van der Waals surface area contributed by atoms with Gasteiger partial charge in [0.1, 0.15) is 0 Å². The minimum absolute atomic E-state index is 0.176. The van der Waals surface area contributed by atoms with Crippen molar-refractivity contribution in [2.45, 2.75) is 4.90 Å². The second-order valence-corrected chi connectivity index (χ2v) is 6.61. The first-order valence-corrected chi connectivity index (χ1v) is 8.05. The Labute approximate surface area is 134 Å². The summed E-state index contributed by atoms with van der Waals surface area (Å²) in [5, 5.41) is 1.12. The van der Waals surface area contributed by atoms with Crippen molar-refractivity contribution in [2.24, 2.45) is 0 Å². The molecule has 2 aromatic carbocycles. The molecule has 0 fully saturated rings. The van der Waals surface area contributed by atoms with E-state index in [1.54, 1.807) is 42.5 Å². The van der Waals surface area contributed by atoms with Crippen LogP contribution < -0.4 is 0 Å². The lowest BCUT2D eigenvalue weighted by atomic mass is 10.1. The molecule has 0 saturated carbocycles. The van der Waals surface area contributed by atoms with Gasteiger partial charge in [0.05, 0.1) is 31.5 Å². The second kappa shape index (κ2) is 6.72. The van der Waals surface area contributed by atoms with Crippen LogP contribution >= 0.6 is 34.8 Å². The van der Waals surface area contributed by atoms with Gasteiger partial charge >= 0.3 is 0 Å². The number of rotatable bonds is 4. The predicted octanol–water partition coefficient (Wildman–Crippen LogP) is 4.64. The Morgan fingerprint density at radius 2 is 1.50 bits per heavy atom. The van der Waals surface area contributed by atoms with Gasteiger partial charge in [0.2, 0.25) is 0 Å². The van der Waals surface area contributed by atoms with Gasteiger partial charge in [0.25, 0.3) is 0 Å². The summed E-state index contributed by atoms with van der Waals surface area (Å²) in [5.74, 6) is -0.429. The fraction of sp³-hybridized carbons (Fsp3) is 0.0714. The van der Waals surface area contributed by atoms with Gasteiger partial charge in [-0.15, -0.1) is 0 Å². The molecule has 0 spiro atoms. The Bertz CT molecular complexity index is 648. The number of carbonyl (C=O) groups is 1. The third-order valence-electron chi connectivity index (χ3n) is 2.57. The first-order valence-electron chi connectivity index (χ1n) is 5.60. The normalized spacial score (nSPS) is 12.2. The smallest absolute Gasteiger partial charge is 0.175 e. The molecule has 0 heterocycles. The summed E-state index contributed by atoms with van der Waals surface area (Å²) < 4.78 is 12.2. The van der Waals surface area contributed by atoms with E-state index in [2.05, 4.69) is 0 Å². The predicted molar refractivity (Wildman–Crippen MR) is 83.5 cm³/mol. The summed E-state index contributed by atoms with van der Waals surface area (Å²) in [5.41, 5.74) is 0.450. The summed E-state index contributed by atoms with van der Waals surface area (Å²) in [6.45, 7) is 0. The topological polar surface area (TPSA) is 34.1 Å². The zero-order valence-corrected chi connectivity index (χ0v) is 13.2. The average Bonchev–Trinajstić information content (AvgIpc) is 2.39. The molecule has 0 N–H and O–H groups in total. The van der Waals surface area contributed by atoms with Gasteiger partial charge in [-0.2, -0.15) is 0 Å². The summed E-state index contributed by atoms with van der Waals surface area (Å²) in [4.78, 5) is 12.3. The average molecular weight is 348 g/mol. The molecule has 0 aliphatic rings. The molecular weight excluding hydrogens is 339 g/mol. The van der Waals surface area contributed by atoms with Crippen LogP contribution in [0.15, 0.2) is 47.4 Å². The van der Waals surface area contributed by atoms with E-state index in [1.165, 1.54) is 0 Å². The largest absolute Gasteiger partial charge is 0.293 e. The molecule has 2 nitrogen and oxygen atoms in total. The minimum Gasteiger partial charge on any atom is -0.293 e. The van der Waals surface area contributed by atoms with E-state index in [0.717, 1.165) is 0 Å². The maximum Gasteiger partial charge on any atom is 0.175 e. The van der Waals surface area contributed by atoms with Crippen molar-refractivity contribution < 1.29 is 9.00 Å². The molecule has 2 aromatic rings. The highest BCUT2D eigenvalue weighted by atomic mass is 35.5. The third kappa shape index (κ3) is 3.61. The Kier molecular flexibility index (Phi) is 5.22. The zero-order valence-electron chi connectivity index (χ0n) is 10.1. The van der Waals surface area contributed by atoms with Crippen molar-refractivity contribution in [3.8, 4) is 0 Å². The molecule has 0 aliphatic heterocycles. The van der Waals surface area contributed by atoms with Gasteiger partial charge in [0, 0.05) is 10.6 Å². The van der Waals surface area contributed by atoms with Crippen LogP contribution in [0, 0.1) is 0 Å². The summed E-state index contributed by atoms with van der Waals surface area (Å²) in [6.07, 6.45) is 0. The van der Waals surface area contributed by atoms with Gasteiger partial charge in [-0.25, -0.2) is 0 Å². The molecule has 1 unspecified atom stereocenters. The fourth-order valence-electron chi connectivity index (χ4n) is 1.61. The molecule has 0 aliphatic carbocycles. The second-order valence-electron chi connectivity index (χ2n) is 3.97. The maximum atomic E-state index is 12.2. The lowest BCUT2D eigenvalue weighted by molar-refractivity contribution is 0.102. The van der Waals surface area contributed by atoms with Crippen LogP contribution in [-0.4, -0.2) is 15.7 Å². The quantitative estimate of drug-likeness (QED) is 0.755. The molecule has 2 rings (SSSR count). The first-order chi connectivity index (χ1) is 9.49. The number of ketones is 1. The van der Waals surface area contributed by atoms with Crippen molar-refractivity contribution in [3.63, 3.8) is 0 Å². The highest BCUT2D eigenvalue weighted by Gasteiger charge is 2.17. The molecule has 20 heavy (non-hydrogen) atoms. The number of hydrogen-bond acceptors (Lipinski definition) is 2. The number of halogens is 3. The monoisotopic (exact) mass is 346 g/mol. The zero-order chi connectivity index (χ0) is 14.7. The number of Topliss-reactive ketones (excluding diaryl/α,β-unsaturated/α-hetero) is 1. The first kappa shape index (κ1) is 15.5. The third-order valence-corrected chi connectivity index (χ3v) is 5.10. The van der Waals surface area contributed by atoms with Crippen molar-refractivity contribution in [2.75, 3.05) is 5.75 Å². The highest BCUT2D eigenvalue weighted by Crippen LogP contribution is 2.28. The summed E-state index contributed by atoms with van der Waals surface area (Å²) in [6, 6.07) is 11.2. The molecule has 0 aromatic heterocycles. The molecule has 0 saturated heterocycles. The Balaban J connectivity index is 2.20. The number of benzene rings is 2. The van der Waals surface area contributed by atoms with E-state index in [0.29, 0.717) is 20.6 Å². The van der Waals surface area contributed by atoms with Crippen LogP contribution in [0.1, 0.15) is 10.4 Å². The van der Waals surface area contributed by atoms with E-state index in [-0.39, 0.29) is 16.4 Å². The number of hydrogen-bond donors (Lipinski definition) is 0. The number of carbonyl (C=O) groups excluding carboxylic acids is 1. The van der Waals surface area contributed by atoms with Crippen molar-refractivity contribution >= 4 is 51.4 Å². The van der Waals surface area contributed by atoms with Gasteiger partial charge in [-0.3, -0.25) is 9.00 Å². The van der Waals surface area contributed by atoms with Crippen LogP contribution in [0.5, 0.6) is 0 Å². The van der Waals surface area contributed by atoms with Crippen LogP contribution in [-0.2, 0) is 10.8 Å². The van der Waals surface area contributed by atoms with Crippen molar-refractivity contribution in [1.29, 1.82) is 0 Å². The fourth-order valence-corrected chi connectivity index (χ4v) is 3.77. The van der Waals surface area contributed by atoms with Crippen molar-refractivity contribution in [1.82, 2.24) is 0 Å².